The average Bonchev–Trinajstić information content (AvgIpc) is 2.61. The van der Waals surface area contributed by atoms with Crippen LogP contribution in [-0.2, 0) is 0 Å². The van der Waals surface area contributed by atoms with Crippen LogP contribution in [0.1, 0.15) is 34.6 Å². The van der Waals surface area contributed by atoms with Crippen molar-refractivity contribution in [2.75, 3.05) is 13.2 Å². The fraction of sp³-hybridized carbons (Fsp3) is 0.222. The molecule has 0 aliphatic carbocycles. The van der Waals surface area contributed by atoms with Gasteiger partial charge in [0.25, 0.3) is 11.8 Å². The summed E-state index contributed by atoms with van der Waals surface area (Å²) >= 11 is 0. The van der Waals surface area contributed by atoms with Crippen LogP contribution in [0.15, 0.2) is 42.5 Å². The zero-order chi connectivity index (χ0) is 18.2. The molecule has 0 unspecified atom stereocenters. The fourth-order valence-electron chi connectivity index (χ4n) is 2.10. The molecule has 0 radical (unpaired) electrons. The lowest BCUT2D eigenvalue weighted by molar-refractivity contribution is 0.0846. The van der Waals surface area contributed by atoms with Crippen LogP contribution in [-0.4, -0.2) is 30.1 Å². The standard InChI is InChI=1S/C18H20N2O5/c1-3-24-15-9-8-13(11-16(15)25-4-2)18(23)20-19-17(22)12-6-5-7-14(21)10-12/h5-11,21H,3-4H2,1-2H3,(H,19,22)(H,20,23). The van der Waals surface area contributed by atoms with Crippen LogP contribution < -0.4 is 20.3 Å². The second-order valence-electron chi connectivity index (χ2n) is 4.99. The van der Waals surface area contributed by atoms with Crippen LogP contribution in [0.3, 0.4) is 0 Å². The van der Waals surface area contributed by atoms with Crippen LogP contribution in [0.2, 0.25) is 0 Å². The number of rotatable bonds is 6. The van der Waals surface area contributed by atoms with Gasteiger partial charge in [0, 0.05) is 11.1 Å². The van der Waals surface area contributed by atoms with E-state index in [4.69, 9.17) is 9.47 Å². The van der Waals surface area contributed by atoms with Crippen LogP contribution in [0.25, 0.3) is 0 Å². The number of carbonyl (C=O) groups is 2. The molecule has 25 heavy (non-hydrogen) atoms. The molecular formula is C18H20N2O5. The highest BCUT2D eigenvalue weighted by atomic mass is 16.5. The number of ether oxygens (including phenoxy) is 2. The van der Waals surface area contributed by atoms with E-state index in [9.17, 15) is 14.7 Å². The molecule has 2 aromatic carbocycles. The Hall–Kier alpha value is -3.22. The number of hydrazine groups is 1. The Labute approximate surface area is 145 Å². The Morgan fingerprint density at radius 2 is 1.48 bits per heavy atom. The van der Waals surface area contributed by atoms with Gasteiger partial charge in [0.2, 0.25) is 0 Å². The Morgan fingerprint density at radius 3 is 2.08 bits per heavy atom. The van der Waals surface area contributed by atoms with Gasteiger partial charge in [-0.15, -0.1) is 0 Å². The summed E-state index contributed by atoms with van der Waals surface area (Å²) in [7, 11) is 0. The van der Waals surface area contributed by atoms with E-state index in [1.807, 2.05) is 13.8 Å². The molecule has 0 bridgehead atoms. The molecule has 0 spiro atoms. The molecule has 2 aromatic rings. The minimum Gasteiger partial charge on any atom is -0.508 e. The Kier molecular flexibility index (Phi) is 6.22. The Balaban J connectivity index is 2.05. The first-order chi connectivity index (χ1) is 12.0. The molecule has 0 saturated heterocycles. The summed E-state index contributed by atoms with van der Waals surface area (Å²) in [6.45, 7) is 4.59. The van der Waals surface area contributed by atoms with E-state index in [1.165, 1.54) is 24.3 Å². The molecule has 132 valence electrons. The molecule has 7 nitrogen and oxygen atoms in total. The molecule has 7 heteroatoms. The van der Waals surface area contributed by atoms with E-state index in [2.05, 4.69) is 10.9 Å². The highest BCUT2D eigenvalue weighted by Gasteiger charge is 2.13. The molecule has 0 heterocycles. The van der Waals surface area contributed by atoms with Crippen molar-refractivity contribution in [3.05, 3.63) is 53.6 Å². The van der Waals surface area contributed by atoms with Crippen LogP contribution >= 0.6 is 0 Å². The maximum Gasteiger partial charge on any atom is 0.269 e. The van der Waals surface area contributed by atoms with Gasteiger partial charge < -0.3 is 14.6 Å². The number of benzene rings is 2. The summed E-state index contributed by atoms with van der Waals surface area (Å²) in [5.41, 5.74) is 5.15. The molecule has 0 atom stereocenters. The van der Waals surface area contributed by atoms with Crippen molar-refractivity contribution in [3.8, 4) is 17.2 Å². The average molecular weight is 344 g/mol. The number of amides is 2. The summed E-state index contributed by atoms with van der Waals surface area (Å²) in [6, 6.07) is 10.6. The number of carbonyl (C=O) groups excluding carboxylic acids is 2. The summed E-state index contributed by atoms with van der Waals surface area (Å²) in [5.74, 6) is -0.0782. The summed E-state index contributed by atoms with van der Waals surface area (Å²) < 4.78 is 10.9. The number of hydrogen-bond acceptors (Lipinski definition) is 5. The second-order valence-corrected chi connectivity index (χ2v) is 4.99. The highest BCUT2D eigenvalue weighted by molar-refractivity contribution is 5.99. The minimum atomic E-state index is -0.541. The number of hydrogen-bond donors (Lipinski definition) is 3. The molecule has 0 saturated carbocycles. The predicted molar refractivity (Wildman–Crippen MR) is 91.8 cm³/mol. The van der Waals surface area contributed by atoms with Crippen molar-refractivity contribution in [2.24, 2.45) is 0 Å². The van der Waals surface area contributed by atoms with Gasteiger partial charge in [-0.1, -0.05) is 6.07 Å². The van der Waals surface area contributed by atoms with Crippen molar-refractivity contribution < 1.29 is 24.2 Å². The van der Waals surface area contributed by atoms with Gasteiger partial charge in [-0.3, -0.25) is 20.4 Å². The molecular weight excluding hydrogens is 324 g/mol. The van der Waals surface area contributed by atoms with E-state index in [-0.39, 0.29) is 11.3 Å². The lowest BCUT2D eigenvalue weighted by Crippen LogP contribution is -2.41. The van der Waals surface area contributed by atoms with Crippen LogP contribution in [0, 0.1) is 0 Å². The Bertz CT molecular complexity index is 761. The Morgan fingerprint density at radius 1 is 0.880 bits per heavy atom. The molecule has 0 aliphatic rings. The zero-order valence-corrected chi connectivity index (χ0v) is 14.0. The smallest absolute Gasteiger partial charge is 0.269 e. The first-order valence-electron chi connectivity index (χ1n) is 7.84. The number of nitrogens with one attached hydrogen (secondary N) is 2. The van der Waals surface area contributed by atoms with Gasteiger partial charge >= 0.3 is 0 Å². The van der Waals surface area contributed by atoms with Crippen molar-refractivity contribution in [2.45, 2.75) is 13.8 Å². The first-order valence-corrected chi connectivity index (χ1v) is 7.84. The quantitative estimate of drug-likeness (QED) is 0.699. The van der Waals surface area contributed by atoms with Crippen molar-refractivity contribution in [3.63, 3.8) is 0 Å². The first kappa shape index (κ1) is 18.1. The van der Waals surface area contributed by atoms with E-state index >= 15 is 0 Å². The van der Waals surface area contributed by atoms with Gasteiger partial charge in [0.05, 0.1) is 13.2 Å². The number of phenols is 1. The molecule has 0 fully saturated rings. The van der Waals surface area contributed by atoms with Gasteiger partial charge in [0.1, 0.15) is 5.75 Å². The second kappa shape index (κ2) is 8.58. The third kappa shape index (κ3) is 4.87. The van der Waals surface area contributed by atoms with E-state index in [0.717, 1.165) is 0 Å². The number of aromatic hydroxyl groups is 1. The maximum atomic E-state index is 12.2. The SMILES string of the molecule is CCOc1ccc(C(=O)NNC(=O)c2cccc(O)c2)cc1OCC. The summed E-state index contributed by atoms with van der Waals surface area (Å²) in [5, 5.41) is 9.38. The molecule has 0 aromatic heterocycles. The third-order valence-electron chi connectivity index (χ3n) is 3.20. The van der Waals surface area contributed by atoms with E-state index < -0.39 is 11.8 Å². The normalized spacial score (nSPS) is 10.0. The van der Waals surface area contributed by atoms with Gasteiger partial charge in [0.15, 0.2) is 11.5 Å². The van der Waals surface area contributed by atoms with E-state index in [0.29, 0.717) is 30.3 Å². The summed E-state index contributed by atoms with van der Waals surface area (Å²) in [4.78, 5) is 24.2. The van der Waals surface area contributed by atoms with Gasteiger partial charge in [-0.05, 0) is 50.2 Å². The topological polar surface area (TPSA) is 96.9 Å². The predicted octanol–water partition coefficient (Wildman–Crippen LogP) is 2.26. The number of phenolic OH excluding ortho intramolecular Hbond substituents is 1. The minimum absolute atomic E-state index is 0.0353. The largest absolute Gasteiger partial charge is 0.508 e. The van der Waals surface area contributed by atoms with Crippen LogP contribution in [0.5, 0.6) is 17.2 Å². The summed E-state index contributed by atoms with van der Waals surface area (Å²) in [6.07, 6.45) is 0. The van der Waals surface area contributed by atoms with Crippen molar-refractivity contribution in [1.82, 2.24) is 10.9 Å². The van der Waals surface area contributed by atoms with E-state index in [1.54, 1.807) is 18.2 Å². The monoisotopic (exact) mass is 344 g/mol. The van der Waals surface area contributed by atoms with Crippen LogP contribution in [0.4, 0.5) is 0 Å². The molecule has 0 aliphatic heterocycles. The van der Waals surface area contributed by atoms with Crippen molar-refractivity contribution >= 4 is 11.8 Å². The third-order valence-corrected chi connectivity index (χ3v) is 3.20. The van der Waals surface area contributed by atoms with Crippen molar-refractivity contribution in [1.29, 1.82) is 0 Å². The fourth-order valence-corrected chi connectivity index (χ4v) is 2.10. The van der Waals surface area contributed by atoms with Gasteiger partial charge in [-0.2, -0.15) is 0 Å². The molecule has 2 amide bonds. The zero-order valence-electron chi connectivity index (χ0n) is 14.0. The van der Waals surface area contributed by atoms with Gasteiger partial charge in [-0.25, -0.2) is 0 Å². The maximum absolute atomic E-state index is 12.2. The molecule has 2 rings (SSSR count). The highest BCUT2D eigenvalue weighted by Crippen LogP contribution is 2.28. The lowest BCUT2D eigenvalue weighted by Gasteiger charge is -2.13. The molecule has 3 N–H and O–H groups in total. The lowest BCUT2D eigenvalue weighted by atomic mass is 10.2.